The van der Waals surface area contributed by atoms with Crippen LogP contribution in [0.15, 0.2) is 0 Å². The molecular formula is C61H111NO8. The molecule has 0 aromatic rings. The zero-order chi connectivity index (χ0) is 51.0. The number of rotatable bonds is 44. The van der Waals surface area contributed by atoms with Crippen LogP contribution in [-0.4, -0.2) is 56.0 Å². The van der Waals surface area contributed by atoms with E-state index in [0.29, 0.717) is 43.8 Å². The number of carbonyl (C=O) groups excluding carboxylic acids is 4. The summed E-state index contributed by atoms with van der Waals surface area (Å²) < 4.78 is 24.2. The van der Waals surface area contributed by atoms with E-state index in [1.807, 2.05) is 0 Å². The smallest absolute Gasteiger partial charge is 0.408 e. The maximum Gasteiger partial charge on any atom is 0.408 e. The minimum Gasteiger partial charge on any atom is -0.465 e. The first-order valence-electron chi connectivity index (χ1n) is 30.2. The summed E-state index contributed by atoms with van der Waals surface area (Å²) in [7, 11) is 0. The fraction of sp³-hybridized carbons (Fsp3) is 0.934. The number of esters is 3. The van der Waals surface area contributed by atoms with Gasteiger partial charge in [-0.2, -0.15) is 0 Å². The number of carbonyl (C=O) groups is 4. The second kappa shape index (κ2) is 35.0. The highest BCUT2D eigenvalue weighted by Crippen LogP contribution is 2.76. The highest BCUT2D eigenvalue weighted by atomic mass is 16.6. The van der Waals surface area contributed by atoms with Crippen molar-refractivity contribution in [2.24, 2.45) is 34.0 Å². The van der Waals surface area contributed by atoms with Crippen LogP contribution in [0.3, 0.4) is 0 Å². The normalized spacial score (nSPS) is 21.5. The van der Waals surface area contributed by atoms with E-state index in [1.165, 1.54) is 180 Å². The zero-order valence-corrected chi connectivity index (χ0v) is 46.9. The Bertz CT molecular complexity index is 1390. The third-order valence-electron chi connectivity index (χ3n) is 16.7. The minimum absolute atomic E-state index is 0.0740. The Morgan fingerprint density at radius 3 is 1.14 bits per heavy atom. The fourth-order valence-electron chi connectivity index (χ4n) is 13.2. The second-order valence-electron chi connectivity index (χ2n) is 24.5. The summed E-state index contributed by atoms with van der Waals surface area (Å²) in [5.41, 5.74) is -1.68. The Hall–Kier alpha value is -2.32. The van der Waals surface area contributed by atoms with Crippen molar-refractivity contribution in [3.63, 3.8) is 0 Å². The molecule has 1 N–H and O–H groups in total. The van der Waals surface area contributed by atoms with Crippen molar-refractivity contribution in [1.29, 1.82) is 0 Å². The zero-order valence-electron chi connectivity index (χ0n) is 46.9. The molecule has 4 saturated carbocycles. The van der Waals surface area contributed by atoms with Gasteiger partial charge < -0.3 is 24.3 Å². The SMILES string of the molecule is CCCCCCCCCC(CCCCCCCCC)CC(=O)OCC12CC3CC(COC(=O)CNC(=O)OC(C)(C)C)(C1)C(COC(=O)CC(CCCCCCCCC)CCCCCCCCC)(C3)C2. The number of alkyl carbamates (subject to hydrolysis) is 1. The van der Waals surface area contributed by atoms with Crippen molar-refractivity contribution in [2.45, 2.75) is 304 Å². The van der Waals surface area contributed by atoms with Gasteiger partial charge in [0.25, 0.3) is 0 Å². The van der Waals surface area contributed by atoms with Gasteiger partial charge in [0.15, 0.2) is 0 Å². The van der Waals surface area contributed by atoms with Crippen LogP contribution in [0.4, 0.5) is 4.79 Å². The number of nitrogens with one attached hydrogen (secondary N) is 1. The maximum absolute atomic E-state index is 14.0. The van der Waals surface area contributed by atoms with E-state index in [1.54, 1.807) is 20.8 Å². The number of amides is 1. The summed E-state index contributed by atoms with van der Waals surface area (Å²) in [5.74, 6) is 0.396. The largest absolute Gasteiger partial charge is 0.465 e. The molecule has 9 nitrogen and oxygen atoms in total. The van der Waals surface area contributed by atoms with E-state index >= 15 is 0 Å². The molecule has 0 aromatic carbocycles. The summed E-state index contributed by atoms with van der Waals surface area (Å²) >= 11 is 0. The highest BCUT2D eigenvalue weighted by molar-refractivity contribution is 5.78. The molecule has 4 fully saturated rings. The van der Waals surface area contributed by atoms with E-state index < -0.39 is 23.1 Å². The Morgan fingerprint density at radius 1 is 0.457 bits per heavy atom. The van der Waals surface area contributed by atoms with Crippen LogP contribution in [0.5, 0.6) is 0 Å². The van der Waals surface area contributed by atoms with E-state index in [-0.39, 0.29) is 35.9 Å². The van der Waals surface area contributed by atoms with E-state index in [0.717, 1.165) is 57.8 Å². The van der Waals surface area contributed by atoms with Crippen LogP contribution in [0.25, 0.3) is 0 Å². The first-order valence-corrected chi connectivity index (χ1v) is 30.2. The van der Waals surface area contributed by atoms with Crippen molar-refractivity contribution >= 4 is 24.0 Å². The van der Waals surface area contributed by atoms with Gasteiger partial charge in [-0.1, -0.05) is 207 Å². The van der Waals surface area contributed by atoms with Gasteiger partial charge in [0.1, 0.15) is 12.1 Å². The summed E-state index contributed by atoms with van der Waals surface area (Å²) in [5, 5.41) is 2.56. The van der Waals surface area contributed by atoms with Crippen LogP contribution in [0.2, 0.25) is 0 Å². The molecule has 9 heteroatoms. The molecule has 4 rings (SSSR count). The molecule has 0 saturated heterocycles. The molecule has 4 bridgehead atoms. The van der Waals surface area contributed by atoms with Gasteiger partial charge in [0.05, 0.1) is 19.8 Å². The third-order valence-corrected chi connectivity index (χ3v) is 16.7. The van der Waals surface area contributed by atoms with Gasteiger partial charge in [-0.25, -0.2) is 4.79 Å². The Morgan fingerprint density at radius 2 is 0.786 bits per heavy atom. The van der Waals surface area contributed by atoms with Gasteiger partial charge in [0, 0.05) is 29.1 Å². The average molecular weight is 987 g/mol. The average Bonchev–Trinajstić information content (AvgIpc) is 3.65. The van der Waals surface area contributed by atoms with Crippen LogP contribution in [-0.2, 0) is 33.3 Å². The lowest BCUT2D eigenvalue weighted by Crippen LogP contribution is -2.42. The Labute approximate surface area is 430 Å². The van der Waals surface area contributed by atoms with Crippen LogP contribution in [0, 0.1) is 34.0 Å². The van der Waals surface area contributed by atoms with Gasteiger partial charge in [-0.3, -0.25) is 14.4 Å². The molecule has 0 radical (unpaired) electrons. The van der Waals surface area contributed by atoms with Crippen LogP contribution >= 0.6 is 0 Å². The molecule has 0 spiro atoms. The van der Waals surface area contributed by atoms with Crippen LogP contribution in [0.1, 0.15) is 299 Å². The molecule has 70 heavy (non-hydrogen) atoms. The molecule has 0 aliphatic heterocycles. The monoisotopic (exact) mass is 986 g/mol. The minimum atomic E-state index is -0.680. The van der Waals surface area contributed by atoms with Crippen molar-refractivity contribution in [3.05, 3.63) is 0 Å². The summed E-state index contributed by atoms with van der Waals surface area (Å²) in [6.07, 6.45) is 44.6. The fourth-order valence-corrected chi connectivity index (χ4v) is 13.2. The third kappa shape index (κ3) is 24.6. The van der Waals surface area contributed by atoms with Crippen LogP contribution < -0.4 is 5.32 Å². The van der Waals surface area contributed by atoms with E-state index in [2.05, 4.69) is 33.0 Å². The van der Waals surface area contributed by atoms with Gasteiger partial charge in [-0.15, -0.1) is 0 Å². The quantitative estimate of drug-likeness (QED) is 0.0364. The van der Waals surface area contributed by atoms with Gasteiger partial charge >= 0.3 is 24.0 Å². The first-order chi connectivity index (χ1) is 33.7. The lowest BCUT2D eigenvalue weighted by molar-refractivity contribution is -0.157. The van der Waals surface area contributed by atoms with Crippen molar-refractivity contribution < 1.29 is 38.1 Å². The van der Waals surface area contributed by atoms with Crippen molar-refractivity contribution in [3.8, 4) is 0 Å². The highest BCUT2D eigenvalue weighted by Gasteiger charge is 2.72. The molecule has 4 unspecified atom stereocenters. The molecular weight excluding hydrogens is 875 g/mol. The topological polar surface area (TPSA) is 117 Å². The lowest BCUT2D eigenvalue weighted by Gasteiger charge is -2.40. The van der Waals surface area contributed by atoms with E-state index in [4.69, 9.17) is 18.9 Å². The molecule has 408 valence electrons. The molecule has 0 aromatic heterocycles. The summed E-state index contributed by atoms with van der Waals surface area (Å²) in [4.78, 5) is 53.5. The Kier molecular flexibility index (Phi) is 31.0. The maximum atomic E-state index is 14.0. The summed E-state index contributed by atoms with van der Waals surface area (Å²) in [6.45, 7) is 15.0. The summed E-state index contributed by atoms with van der Waals surface area (Å²) in [6, 6.07) is 0. The van der Waals surface area contributed by atoms with E-state index in [9.17, 15) is 19.2 Å². The molecule has 4 aliphatic rings. The molecule has 0 heterocycles. The lowest BCUT2D eigenvalue weighted by atomic mass is 9.67. The number of hydrogen-bond acceptors (Lipinski definition) is 8. The van der Waals surface area contributed by atoms with Crippen molar-refractivity contribution in [2.75, 3.05) is 26.4 Å². The van der Waals surface area contributed by atoms with Crippen molar-refractivity contribution in [1.82, 2.24) is 5.32 Å². The molecule has 4 aliphatic carbocycles. The molecule has 1 amide bonds. The predicted molar refractivity (Wildman–Crippen MR) is 288 cm³/mol. The second-order valence-corrected chi connectivity index (χ2v) is 24.5. The first kappa shape index (κ1) is 62.0. The standard InChI is InChI=1S/C61H111NO8/c1-8-12-16-20-24-28-32-36-51(37-33-29-25-21-17-13-9-2)40-54(63)67-48-59-42-53-43-60(46-59,61(44-53,47-59)50-69-56(65)45-62-57(66)70-58(5,6)7)49-68-55(64)41-52(38-34-30-26-22-18-14-10-3)39-35-31-27-23-19-15-11-4/h51-53H,8-50H2,1-7H3,(H,62,66). The predicted octanol–water partition coefficient (Wildman–Crippen LogP) is 17.3. The van der Waals surface area contributed by atoms with Gasteiger partial charge in [0.2, 0.25) is 0 Å². The number of hydrogen-bond donors (Lipinski definition) is 1. The molecule has 4 atom stereocenters. The number of unbranched alkanes of at least 4 members (excludes halogenated alkanes) is 24. The Balaban J connectivity index is 1.70. The number of ether oxygens (including phenoxy) is 4. The van der Waals surface area contributed by atoms with Gasteiger partial charge in [-0.05, 0) is 96.3 Å².